The standard InChI is InChI=1S/C39H48ClN9O9S/c1-24-5-3-7-27(40)35(24)47-38(54)30-22-43-39(59-30)46-31-21-32(45-25(2)44-31)49-13-11-48(12-14-49)15-18-56-17-10-26(50)6-4-16-55-19-20-57-23-33(51)58-29-9-8-28(41)36(52)34(29)37(42)53/h3,5,7-9,21-22,52H,4,6,10-20,23,41H2,1-2H3,(H2,42,53)(H,47,54)(H,43,44,45,46). The van der Waals surface area contributed by atoms with Crippen LogP contribution >= 0.6 is 22.9 Å². The number of anilines is 5. The van der Waals surface area contributed by atoms with Crippen molar-refractivity contribution in [1.29, 1.82) is 0 Å². The summed E-state index contributed by atoms with van der Waals surface area (Å²) in [6.45, 7) is 8.76. The lowest BCUT2D eigenvalue weighted by atomic mass is 10.1. The number of hydrogen-bond acceptors (Lipinski definition) is 17. The molecule has 7 N–H and O–H groups in total. The van der Waals surface area contributed by atoms with Gasteiger partial charge in [-0.25, -0.2) is 19.7 Å². The average Bonchev–Trinajstić information content (AvgIpc) is 3.67. The Morgan fingerprint density at radius 2 is 1.71 bits per heavy atom. The molecule has 2 aromatic carbocycles. The molecule has 0 aliphatic carbocycles. The fraction of sp³-hybridized carbons (Fsp3) is 0.410. The average molecular weight is 854 g/mol. The van der Waals surface area contributed by atoms with Crippen LogP contribution in [0.4, 0.5) is 28.1 Å². The highest BCUT2D eigenvalue weighted by Gasteiger charge is 2.21. The summed E-state index contributed by atoms with van der Waals surface area (Å²) >= 11 is 7.49. The number of nitrogens with one attached hydrogen (secondary N) is 2. The number of rotatable bonds is 22. The molecule has 1 aliphatic heterocycles. The predicted octanol–water partition coefficient (Wildman–Crippen LogP) is 4.10. The molecule has 20 heteroatoms. The van der Waals surface area contributed by atoms with E-state index in [1.54, 1.807) is 6.07 Å². The lowest BCUT2D eigenvalue weighted by Crippen LogP contribution is -2.47. The Morgan fingerprint density at radius 1 is 0.949 bits per heavy atom. The number of halogens is 1. The van der Waals surface area contributed by atoms with Gasteiger partial charge in [0.2, 0.25) is 0 Å². The van der Waals surface area contributed by atoms with Gasteiger partial charge in [0, 0.05) is 58.2 Å². The van der Waals surface area contributed by atoms with Gasteiger partial charge in [0.25, 0.3) is 11.8 Å². The van der Waals surface area contributed by atoms with Gasteiger partial charge in [0.1, 0.15) is 46.0 Å². The number of carbonyl (C=O) groups excluding carboxylic acids is 4. The van der Waals surface area contributed by atoms with Gasteiger partial charge in [-0.2, -0.15) is 0 Å². The summed E-state index contributed by atoms with van der Waals surface area (Å²) in [5.41, 5.74) is 11.8. The smallest absolute Gasteiger partial charge is 0.337 e. The molecule has 4 aromatic rings. The number of Topliss-reactive ketones (excluding diaryl/α,β-unsaturated/α-hetero) is 1. The van der Waals surface area contributed by atoms with Crippen molar-refractivity contribution in [3.8, 4) is 11.5 Å². The molecular weight excluding hydrogens is 806 g/mol. The highest BCUT2D eigenvalue weighted by molar-refractivity contribution is 7.17. The lowest BCUT2D eigenvalue weighted by molar-refractivity contribution is -0.140. The number of phenols is 1. The summed E-state index contributed by atoms with van der Waals surface area (Å²) in [4.78, 5) is 67.3. The number of nitrogens with two attached hydrogens (primary N) is 2. The predicted molar refractivity (Wildman–Crippen MR) is 223 cm³/mol. The van der Waals surface area contributed by atoms with E-state index in [0.29, 0.717) is 71.4 Å². The number of amides is 2. The molecule has 3 heterocycles. The number of nitrogen functional groups attached to an aromatic ring is 1. The molecule has 1 saturated heterocycles. The Morgan fingerprint density at radius 3 is 2.47 bits per heavy atom. The summed E-state index contributed by atoms with van der Waals surface area (Å²) in [6, 6.07) is 9.84. The minimum Gasteiger partial charge on any atom is -0.505 e. The number of para-hydroxylation sites is 1. The van der Waals surface area contributed by atoms with Crippen LogP contribution in [0.25, 0.3) is 0 Å². The van der Waals surface area contributed by atoms with Crippen LogP contribution in [-0.2, 0) is 23.8 Å². The minimum absolute atomic E-state index is 0.0817. The number of aromatic hydroxyl groups is 1. The van der Waals surface area contributed by atoms with Crippen LogP contribution in [0.5, 0.6) is 11.5 Å². The molecule has 1 fully saturated rings. The largest absolute Gasteiger partial charge is 0.505 e. The van der Waals surface area contributed by atoms with E-state index < -0.39 is 29.8 Å². The Labute approximate surface area is 350 Å². The molecule has 0 radical (unpaired) electrons. The van der Waals surface area contributed by atoms with Crippen molar-refractivity contribution in [2.75, 3.05) is 93.6 Å². The van der Waals surface area contributed by atoms with Gasteiger partial charge in [-0.05, 0) is 44.0 Å². The maximum Gasteiger partial charge on any atom is 0.337 e. The molecule has 2 amide bonds. The number of hydrogen-bond donors (Lipinski definition) is 5. The first-order valence-corrected chi connectivity index (χ1v) is 20.1. The van der Waals surface area contributed by atoms with E-state index in [1.807, 2.05) is 32.0 Å². The fourth-order valence-electron chi connectivity index (χ4n) is 5.91. The summed E-state index contributed by atoms with van der Waals surface area (Å²) in [7, 11) is 0. The normalized spacial score (nSPS) is 13.0. The molecule has 0 unspecified atom stereocenters. The third-order valence-corrected chi connectivity index (χ3v) is 10.2. The molecule has 0 bridgehead atoms. The molecule has 316 valence electrons. The zero-order valence-corrected chi connectivity index (χ0v) is 34.4. The minimum atomic E-state index is -0.999. The van der Waals surface area contributed by atoms with Crippen LogP contribution in [0.15, 0.2) is 42.6 Å². The van der Waals surface area contributed by atoms with Crippen molar-refractivity contribution in [2.45, 2.75) is 33.1 Å². The first-order chi connectivity index (χ1) is 28.4. The maximum absolute atomic E-state index is 12.9. The maximum atomic E-state index is 12.9. The SMILES string of the molecule is Cc1nc(Nc2ncc(C(=O)Nc3c(C)cccc3Cl)s2)cc(N2CCN(CCOCCC(=O)CCCOCCOCC(=O)Oc3ccc(N)c(O)c3C(N)=O)CC2)n1. The molecule has 18 nitrogen and oxygen atoms in total. The third kappa shape index (κ3) is 13.6. The molecule has 5 rings (SSSR count). The number of thiazole rings is 1. The Balaban J connectivity index is 0.897. The molecule has 2 aromatic heterocycles. The van der Waals surface area contributed by atoms with E-state index in [2.05, 4.69) is 35.4 Å². The molecule has 59 heavy (non-hydrogen) atoms. The Hall–Kier alpha value is -5.44. The van der Waals surface area contributed by atoms with E-state index in [9.17, 15) is 24.3 Å². The van der Waals surface area contributed by atoms with Crippen LogP contribution in [0.3, 0.4) is 0 Å². The second-order valence-electron chi connectivity index (χ2n) is 13.4. The van der Waals surface area contributed by atoms with E-state index in [-0.39, 0.29) is 36.3 Å². The van der Waals surface area contributed by atoms with Gasteiger partial charge in [0.15, 0.2) is 10.9 Å². The summed E-state index contributed by atoms with van der Waals surface area (Å²) < 4.78 is 21.5. The lowest BCUT2D eigenvalue weighted by Gasteiger charge is -2.35. The first kappa shape index (κ1) is 44.7. The van der Waals surface area contributed by atoms with Crippen molar-refractivity contribution in [3.63, 3.8) is 0 Å². The second kappa shape index (κ2) is 22.1. The third-order valence-electron chi connectivity index (χ3n) is 9.00. The van der Waals surface area contributed by atoms with E-state index in [0.717, 1.165) is 44.1 Å². The zero-order chi connectivity index (χ0) is 42.3. The number of ketones is 1. The van der Waals surface area contributed by atoms with Crippen molar-refractivity contribution in [2.24, 2.45) is 5.73 Å². The van der Waals surface area contributed by atoms with Gasteiger partial charge in [-0.3, -0.25) is 19.3 Å². The van der Waals surface area contributed by atoms with Crippen LogP contribution in [0.1, 0.15) is 50.7 Å². The molecule has 0 spiro atoms. The number of aromatic nitrogens is 3. The van der Waals surface area contributed by atoms with E-state index in [4.69, 9.17) is 42.0 Å². The van der Waals surface area contributed by atoms with Crippen molar-refractivity contribution in [1.82, 2.24) is 19.9 Å². The number of ether oxygens (including phenoxy) is 4. The van der Waals surface area contributed by atoms with Gasteiger partial charge >= 0.3 is 5.97 Å². The van der Waals surface area contributed by atoms with Gasteiger partial charge < -0.3 is 51.1 Å². The van der Waals surface area contributed by atoms with Gasteiger partial charge in [0.05, 0.1) is 49.0 Å². The Bertz CT molecular complexity index is 2080. The molecule has 0 atom stereocenters. The van der Waals surface area contributed by atoms with Crippen molar-refractivity contribution >= 4 is 74.6 Å². The number of nitrogens with zero attached hydrogens (tertiary/aromatic N) is 5. The highest BCUT2D eigenvalue weighted by Crippen LogP contribution is 2.33. The summed E-state index contributed by atoms with van der Waals surface area (Å²) in [5, 5.41) is 17.0. The molecule has 0 saturated carbocycles. The topological polar surface area (TPSA) is 247 Å². The molecule has 1 aliphatic rings. The van der Waals surface area contributed by atoms with Crippen molar-refractivity contribution < 1.29 is 43.2 Å². The van der Waals surface area contributed by atoms with Crippen LogP contribution in [-0.4, -0.2) is 121 Å². The van der Waals surface area contributed by atoms with E-state index in [1.165, 1.54) is 29.7 Å². The number of benzene rings is 2. The summed E-state index contributed by atoms with van der Waals surface area (Å²) in [6.07, 6.45) is 2.74. The van der Waals surface area contributed by atoms with E-state index >= 15 is 0 Å². The van der Waals surface area contributed by atoms with Crippen LogP contribution in [0.2, 0.25) is 5.02 Å². The van der Waals surface area contributed by atoms with Gasteiger partial charge in [-0.15, -0.1) is 0 Å². The number of esters is 1. The number of piperazine rings is 1. The first-order valence-electron chi connectivity index (χ1n) is 18.9. The monoisotopic (exact) mass is 853 g/mol. The number of carbonyl (C=O) groups is 4. The van der Waals surface area contributed by atoms with Crippen molar-refractivity contribution in [3.05, 3.63) is 69.4 Å². The van der Waals surface area contributed by atoms with Crippen LogP contribution in [0, 0.1) is 13.8 Å². The number of primary amides is 1. The van der Waals surface area contributed by atoms with Gasteiger partial charge in [-0.1, -0.05) is 35.1 Å². The fourth-order valence-corrected chi connectivity index (χ4v) is 6.90. The quantitative estimate of drug-likeness (QED) is 0.0246. The summed E-state index contributed by atoms with van der Waals surface area (Å²) in [5.74, 6) is -0.807. The van der Waals surface area contributed by atoms with Crippen LogP contribution < -0.4 is 31.7 Å². The number of aryl methyl sites for hydroxylation is 2. The molecular formula is C39H48ClN9O9S. The Kier molecular flexibility index (Phi) is 16.7. The second-order valence-corrected chi connectivity index (χ2v) is 14.9. The highest BCUT2D eigenvalue weighted by atomic mass is 35.5. The zero-order valence-electron chi connectivity index (χ0n) is 32.8.